The van der Waals surface area contributed by atoms with E-state index in [4.69, 9.17) is 0 Å². The van der Waals surface area contributed by atoms with Crippen LogP contribution in [-0.4, -0.2) is 19.3 Å². The molecule has 0 spiro atoms. The number of halogens is 1. The second-order valence-corrected chi connectivity index (χ2v) is 7.34. The number of benzene rings is 2. The summed E-state index contributed by atoms with van der Waals surface area (Å²) in [6.45, 7) is 0.261. The molecule has 2 aromatic carbocycles. The summed E-state index contributed by atoms with van der Waals surface area (Å²) in [7, 11) is -4.04. The molecule has 0 saturated carbocycles. The molecule has 0 atom stereocenters. The highest BCUT2D eigenvalue weighted by Crippen LogP contribution is 2.19. The average molecular weight is 385 g/mol. The first-order valence-electron chi connectivity index (χ1n) is 8.00. The number of hydrogen-bond donors (Lipinski definition) is 2. The number of anilines is 1. The number of sulfonamides is 1. The van der Waals surface area contributed by atoms with E-state index in [-0.39, 0.29) is 22.7 Å². The smallest absolute Gasteiger partial charge is 0.262 e. The van der Waals surface area contributed by atoms with Crippen LogP contribution in [0.25, 0.3) is 0 Å². The first kappa shape index (κ1) is 18.5. The topological polar surface area (TPSA) is 88.2 Å². The summed E-state index contributed by atoms with van der Waals surface area (Å²) in [4.78, 5) is 16.1. The molecule has 1 heterocycles. The third-order valence-electron chi connectivity index (χ3n) is 3.70. The molecule has 1 amide bonds. The molecular formula is C19H16FN3O3S. The zero-order valence-electron chi connectivity index (χ0n) is 14.1. The minimum Gasteiger partial charge on any atom is -0.348 e. The number of para-hydroxylation sites is 1. The van der Waals surface area contributed by atoms with Crippen molar-refractivity contribution < 1.29 is 17.6 Å². The number of carbonyl (C=O) groups is 1. The molecule has 0 aliphatic rings. The Morgan fingerprint density at radius 2 is 1.85 bits per heavy atom. The molecule has 8 heteroatoms. The van der Waals surface area contributed by atoms with Crippen LogP contribution in [0, 0.1) is 5.82 Å². The second-order valence-electron chi connectivity index (χ2n) is 5.66. The lowest BCUT2D eigenvalue weighted by Gasteiger charge is -2.10. The Kier molecular flexibility index (Phi) is 5.46. The number of rotatable bonds is 6. The van der Waals surface area contributed by atoms with Crippen LogP contribution in [0.1, 0.15) is 15.9 Å². The number of amides is 1. The third-order valence-corrected chi connectivity index (χ3v) is 5.06. The van der Waals surface area contributed by atoms with E-state index in [1.165, 1.54) is 42.5 Å². The molecule has 1 aromatic heterocycles. The highest BCUT2D eigenvalue weighted by Gasteiger charge is 2.18. The van der Waals surface area contributed by atoms with E-state index in [0.29, 0.717) is 0 Å². The fourth-order valence-corrected chi connectivity index (χ4v) is 3.45. The van der Waals surface area contributed by atoms with Crippen LogP contribution < -0.4 is 10.0 Å². The number of nitrogens with zero attached hydrogens (tertiary/aromatic N) is 1. The number of pyridine rings is 1. The van der Waals surface area contributed by atoms with Gasteiger partial charge >= 0.3 is 0 Å². The van der Waals surface area contributed by atoms with Gasteiger partial charge in [-0.15, -0.1) is 0 Å². The minimum atomic E-state index is -4.04. The zero-order chi connectivity index (χ0) is 19.3. The summed E-state index contributed by atoms with van der Waals surface area (Å²) in [5, 5.41) is 2.70. The van der Waals surface area contributed by atoms with Gasteiger partial charge in [-0.1, -0.05) is 24.3 Å². The largest absolute Gasteiger partial charge is 0.348 e. The van der Waals surface area contributed by atoms with Gasteiger partial charge in [0.05, 0.1) is 10.6 Å². The summed E-state index contributed by atoms with van der Waals surface area (Å²) in [5.74, 6) is -1.12. The van der Waals surface area contributed by atoms with Gasteiger partial charge in [0, 0.05) is 24.5 Å². The van der Waals surface area contributed by atoms with Crippen LogP contribution >= 0.6 is 0 Å². The van der Waals surface area contributed by atoms with E-state index in [2.05, 4.69) is 15.0 Å². The summed E-state index contributed by atoms with van der Waals surface area (Å²) in [6, 6.07) is 14.5. The summed E-state index contributed by atoms with van der Waals surface area (Å²) < 4.78 is 40.9. The predicted molar refractivity (Wildman–Crippen MR) is 99.1 cm³/mol. The Morgan fingerprint density at radius 3 is 2.59 bits per heavy atom. The number of nitrogens with one attached hydrogen (secondary N) is 2. The summed E-state index contributed by atoms with van der Waals surface area (Å²) in [6.07, 6.45) is 3.25. The number of hydrogen-bond acceptors (Lipinski definition) is 4. The maximum absolute atomic E-state index is 13.7. The summed E-state index contributed by atoms with van der Waals surface area (Å²) >= 11 is 0. The maximum atomic E-state index is 13.7. The first-order chi connectivity index (χ1) is 13.0. The Hall–Kier alpha value is -3.26. The quantitative estimate of drug-likeness (QED) is 0.683. The lowest BCUT2D eigenvalue weighted by Crippen LogP contribution is -2.23. The lowest BCUT2D eigenvalue weighted by atomic mass is 10.2. The molecule has 3 rings (SSSR count). The van der Waals surface area contributed by atoms with E-state index in [9.17, 15) is 17.6 Å². The van der Waals surface area contributed by atoms with Gasteiger partial charge in [0.1, 0.15) is 5.82 Å². The molecule has 0 aliphatic heterocycles. The molecule has 138 valence electrons. The Bertz CT molecular complexity index is 1060. The number of carbonyl (C=O) groups excluding carboxylic acids is 1. The summed E-state index contributed by atoms with van der Waals surface area (Å²) in [5.41, 5.74) is 0.829. The van der Waals surface area contributed by atoms with Gasteiger partial charge < -0.3 is 5.32 Å². The zero-order valence-corrected chi connectivity index (χ0v) is 14.9. The Balaban J connectivity index is 1.76. The van der Waals surface area contributed by atoms with E-state index >= 15 is 0 Å². The first-order valence-corrected chi connectivity index (χ1v) is 9.48. The van der Waals surface area contributed by atoms with Crippen molar-refractivity contribution in [2.45, 2.75) is 11.4 Å². The van der Waals surface area contributed by atoms with Gasteiger partial charge in [-0.05, 0) is 42.0 Å². The molecule has 6 nitrogen and oxygen atoms in total. The molecule has 0 fully saturated rings. The van der Waals surface area contributed by atoms with Gasteiger partial charge in [0.25, 0.3) is 15.9 Å². The van der Waals surface area contributed by atoms with Crippen molar-refractivity contribution in [1.29, 1.82) is 0 Å². The monoisotopic (exact) mass is 385 g/mol. The van der Waals surface area contributed by atoms with Crippen molar-refractivity contribution in [3.05, 3.63) is 90.0 Å². The maximum Gasteiger partial charge on any atom is 0.262 e. The fourth-order valence-electron chi connectivity index (χ4n) is 2.34. The predicted octanol–water partition coefficient (Wildman–Crippen LogP) is 2.95. The second kappa shape index (κ2) is 7.96. The van der Waals surface area contributed by atoms with Crippen molar-refractivity contribution in [3.63, 3.8) is 0 Å². The van der Waals surface area contributed by atoms with Crippen LogP contribution in [-0.2, 0) is 16.6 Å². The molecular weight excluding hydrogens is 369 g/mol. The number of aromatic nitrogens is 1. The van der Waals surface area contributed by atoms with Gasteiger partial charge in [-0.2, -0.15) is 0 Å². The average Bonchev–Trinajstić information content (AvgIpc) is 2.69. The Labute approximate surface area is 156 Å². The fraction of sp³-hybridized carbons (Fsp3) is 0.0526. The van der Waals surface area contributed by atoms with E-state index in [0.717, 1.165) is 11.6 Å². The van der Waals surface area contributed by atoms with E-state index in [1.54, 1.807) is 18.5 Å². The SMILES string of the molecule is O=C(NCc1cccnc1)c1cccc(S(=O)(=O)Nc2ccccc2F)c1. The van der Waals surface area contributed by atoms with Gasteiger partial charge in [-0.3, -0.25) is 14.5 Å². The Morgan fingerprint density at radius 1 is 1.04 bits per heavy atom. The van der Waals surface area contributed by atoms with E-state index < -0.39 is 21.7 Å². The lowest BCUT2D eigenvalue weighted by molar-refractivity contribution is 0.0950. The van der Waals surface area contributed by atoms with Gasteiger partial charge in [0.15, 0.2) is 0 Å². The van der Waals surface area contributed by atoms with E-state index in [1.807, 2.05) is 6.07 Å². The highest BCUT2D eigenvalue weighted by atomic mass is 32.2. The van der Waals surface area contributed by atoms with Crippen LogP contribution in [0.5, 0.6) is 0 Å². The van der Waals surface area contributed by atoms with Crippen LogP contribution in [0.3, 0.4) is 0 Å². The molecule has 0 aliphatic carbocycles. The molecule has 0 unspecified atom stereocenters. The standard InChI is InChI=1S/C19H16FN3O3S/c20-17-8-1-2-9-18(17)23-27(25,26)16-7-3-6-15(11-16)19(24)22-13-14-5-4-10-21-12-14/h1-12,23H,13H2,(H,22,24). The van der Waals surface area contributed by atoms with Crippen molar-refractivity contribution in [3.8, 4) is 0 Å². The third kappa shape index (κ3) is 4.68. The van der Waals surface area contributed by atoms with Gasteiger partial charge in [-0.25, -0.2) is 12.8 Å². The van der Waals surface area contributed by atoms with Crippen molar-refractivity contribution in [2.75, 3.05) is 4.72 Å². The van der Waals surface area contributed by atoms with Crippen LogP contribution in [0.4, 0.5) is 10.1 Å². The molecule has 3 aromatic rings. The highest BCUT2D eigenvalue weighted by molar-refractivity contribution is 7.92. The van der Waals surface area contributed by atoms with Crippen molar-refractivity contribution >= 4 is 21.6 Å². The molecule has 27 heavy (non-hydrogen) atoms. The molecule has 0 saturated heterocycles. The van der Waals surface area contributed by atoms with Crippen LogP contribution in [0.2, 0.25) is 0 Å². The minimum absolute atomic E-state index is 0.139. The van der Waals surface area contributed by atoms with Crippen LogP contribution in [0.15, 0.2) is 78.0 Å². The van der Waals surface area contributed by atoms with Gasteiger partial charge in [0.2, 0.25) is 0 Å². The molecule has 0 radical (unpaired) electrons. The normalized spacial score (nSPS) is 11.0. The molecule has 0 bridgehead atoms. The molecule has 2 N–H and O–H groups in total. The van der Waals surface area contributed by atoms with Crippen molar-refractivity contribution in [2.24, 2.45) is 0 Å². The van der Waals surface area contributed by atoms with Crippen molar-refractivity contribution in [1.82, 2.24) is 10.3 Å².